The third kappa shape index (κ3) is 3.58. The minimum absolute atomic E-state index is 0.0155. The lowest BCUT2D eigenvalue weighted by molar-refractivity contribution is -0.149. The average molecular weight is 247 g/mol. The zero-order valence-electron chi connectivity index (χ0n) is 6.26. The zero-order valence-corrected chi connectivity index (χ0v) is 8.53. The first kappa shape index (κ1) is 10.9. The molecule has 0 aromatic rings. The van der Waals surface area contributed by atoms with Crippen LogP contribution in [0.1, 0.15) is 6.42 Å². The van der Waals surface area contributed by atoms with Gasteiger partial charge in [-0.15, -0.1) is 0 Å². The molecule has 13 heavy (non-hydrogen) atoms. The van der Waals surface area contributed by atoms with Gasteiger partial charge in [-0.05, 0) is 34.8 Å². The summed E-state index contributed by atoms with van der Waals surface area (Å²) >= 11 is 15.6. The van der Waals surface area contributed by atoms with E-state index in [4.69, 9.17) is 34.8 Å². The van der Waals surface area contributed by atoms with Crippen molar-refractivity contribution in [2.24, 2.45) is 5.92 Å². The van der Waals surface area contributed by atoms with Crippen LogP contribution in [0, 0.1) is 5.92 Å². The molecule has 1 aliphatic rings. The number of carbonyl (C=O) groups excluding carboxylic acids is 2. The second-order valence-corrected chi connectivity index (χ2v) is 4.63. The summed E-state index contributed by atoms with van der Waals surface area (Å²) in [5.74, 6) is -1.86. The fraction of sp³-hybridized carbons (Fsp3) is 0.667. The molecular weight excluding hydrogens is 242 g/mol. The van der Waals surface area contributed by atoms with E-state index in [1.165, 1.54) is 0 Å². The van der Waals surface area contributed by atoms with Crippen molar-refractivity contribution in [1.82, 2.24) is 0 Å². The van der Waals surface area contributed by atoms with Gasteiger partial charge in [-0.3, -0.25) is 9.59 Å². The van der Waals surface area contributed by atoms with E-state index in [1.54, 1.807) is 0 Å². The molecule has 0 spiro atoms. The van der Waals surface area contributed by atoms with E-state index in [9.17, 15) is 9.59 Å². The Balaban J connectivity index is 2.45. The smallest absolute Gasteiger partial charge is 0.340 e. The number of rotatable bonds is 1. The van der Waals surface area contributed by atoms with Gasteiger partial charge in [-0.2, -0.15) is 0 Å². The van der Waals surface area contributed by atoms with Gasteiger partial charge >= 0.3 is 15.9 Å². The second-order valence-electron chi connectivity index (χ2n) is 2.45. The molecule has 0 radical (unpaired) electrons. The Morgan fingerprint density at radius 1 is 1.54 bits per heavy atom. The number of halogens is 3. The molecule has 0 N–H and O–H groups in total. The fourth-order valence-corrected chi connectivity index (χ4v) is 1.09. The monoisotopic (exact) mass is 246 g/mol. The highest BCUT2D eigenvalue weighted by Crippen LogP contribution is 2.29. The number of ether oxygens (including phenoxy) is 2. The van der Waals surface area contributed by atoms with Crippen LogP contribution >= 0.6 is 34.8 Å². The molecule has 1 fully saturated rings. The van der Waals surface area contributed by atoms with Crippen LogP contribution in [0.5, 0.6) is 0 Å². The molecule has 0 aliphatic carbocycles. The summed E-state index contributed by atoms with van der Waals surface area (Å²) in [6, 6.07) is 0. The number of esters is 2. The maximum absolute atomic E-state index is 11.1. The first-order chi connectivity index (χ1) is 5.88. The minimum atomic E-state index is -2.08. The number of carbonyl (C=O) groups is 2. The Morgan fingerprint density at radius 3 is 2.54 bits per heavy atom. The molecule has 1 heterocycles. The largest absolute Gasteiger partial charge is 0.465 e. The highest BCUT2D eigenvalue weighted by Gasteiger charge is 2.35. The van der Waals surface area contributed by atoms with E-state index in [0.717, 1.165) is 0 Å². The van der Waals surface area contributed by atoms with Crippen molar-refractivity contribution in [3.8, 4) is 0 Å². The molecule has 1 aliphatic heterocycles. The maximum Gasteiger partial charge on any atom is 0.340 e. The van der Waals surface area contributed by atoms with Gasteiger partial charge in [0.25, 0.3) is 0 Å². The van der Waals surface area contributed by atoms with E-state index in [2.05, 4.69) is 9.47 Å². The summed E-state index contributed by atoms with van der Waals surface area (Å²) in [6.07, 6.45) is -0.0282. The van der Waals surface area contributed by atoms with Crippen LogP contribution in [-0.2, 0) is 19.1 Å². The SMILES string of the molecule is O=C1CC(C(=O)OC(Cl)(Cl)Cl)CO1. The zero-order chi connectivity index (χ0) is 10.1. The van der Waals surface area contributed by atoms with E-state index in [1.807, 2.05) is 0 Å². The Hall–Kier alpha value is -0.190. The van der Waals surface area contributed by atoms with Crippen molar-refractivity contribution in [2.75, 3.05) is 6.61 Å². The van der Waals surface area contributed by atoms with Gasteiger partial charge < -0.3 is 9.47 Å². The lowest BCUT2D eigenvalue weighted by atomic mass is 10.1. The van der Waals surface area contributed by atoms with Crippen molar-refractivity contribution < 1.29 is 19.1 Å². The number of hydrogen-bond acceptors (Lipinski definition) is 4. The first-order valence-electron chi connectivity index (χ1n) is 3.33. The average Bonchev–Trinajstić information content (AvgIpc) is 2.31. The van der Waals surface area contributed by atoms with Crippen LogP contribution in [-0.4, -0.2) is 22.5 Å². The lowest BCUT2D eigenvalue weighted by Crippen LogP contribution is -2.23. The summed E-state index contributed by atoms with van der Waals surface area (Å²) < 4.78 is 6.85. The Kier molecular flexibility index (Phi) is 3.27. The third-order valence-corrected chi connectivity index (χ3v) is 1.64. The quantitative estimate of drug-likeness (QED) is 0.519. The van der Waals surface area contributed by atoms with Crippen LogP contribution < -0.4 is 0 Å². The lowest BCUT2D eigenvalue weighted by Gasteiger charge is -2.13. The van der Waals surface area contributed by atoms with Gasteiger partial charge in [0.15, 0.2) is 0 Å². The molecule has 1 atom stereocenters. The van der Waals surface area contributed by atoms with Crippen LogP contribution in [0.15, 0.2) is 0 Å². The number of alkyl halides is 3. The van der Waals surface area contributed by atoms with Gasteiger partial charge in [-0.1, -0.05) is 0 Å². The Bertz CT molecular complexity index is 235. The second kappa shape index (κ2) is 3.90. The molecule has 0 saturated carbocycles. The summed E-state index contributed by atoms with van der Waals surface area (Å²) in [6.45, 7) is -0.0155. The number of hydrogen-bond donors (Lipinski definition) is 0. The summed E-state index contributed by atoms with van der Waals surface area (Å²) in [7, 11) is 0. The van der Waals surface area contributed by atoms with E-state index < -0.39 is 21.8 Å². The molecule has 0 bridgehead atoms. The predicted molar refractivity (Wildman–Crippen MR) is 45.4 cm³/mol. The summed E-state index contributed by atoms with van der Waals surface area (Å²) in [4.78, 5) is 21.7. The summed E-state index contributed by atoms with van der Waals surface area (Å²) in [5, 5.41) is 0. The van der Waals surface area contributed by atoms with Gasteiger partial charge in [0.05, 0.1) is 6.42 Å². The number of cyclic esters (lactones) is 1. The van der Waals surface area contributed by atoms with Gasteiger partial charge in [-0.25, -0.2) is 0 Å². The van der Waals surface area contributed by atoms with Gasteiger partial charge in [0.1, 0.15) is 12.5 Å². The predicted octanol–water partition coefficient (Wildman–Crippen LogP) is 1.42. The van der Waals surface area contributed by atoms with E-state index in [0.29, 0.717) is 0 Å². The topological polar surface area (TPSA) is 52.6 Å². The van der Waals surface area contributed by atoms with Crippen molar-refractivity contribution in [3.63, 3.8) is 0 Å². The normalized spacial score (nSPS) is 22.7. The van der Waals surface area contributed by atoms with Crippen molar-refractivity contribution in [2.45, 2.75) is 10.4 Å². The van der Waals surface area contributed by atoms with E-state index >= 15 is 0 Å². The van der Waals surface area contributed by atoms with Gasteiger partial charge in [0.2, 0.25) is 0 Å². The van der Waals surface area contributed by atoms with E-state index in [-0.39, 0.29) is 13.0 Å². The molecule has 1 rings (SSSR count). The standard InChI is InChI=1S/C6H5Cl3O4/c7-6(8,9)13-5(11)3-1-4(10)12-2-3/h3H,1-2H2. The first-order valence-corrected chi connectivity index (χ1v) is 4.47. The van der Waals surface area contributed by atoms with Crippen LogP contribution in [0.4, 0.5) is 0 Å². The Labute approximate surface area is 89.0 Å². The highest BCUT2D eigenvalue weighted by molar-refractivity contribution is 6.66. The summed E-state index contributed by atoms with van der Waals surface area (Å²) in [5.41, 5.74) is 0. The fourth-order valence-electron chi connectivity index (χ4n) is 0.861. The molecule has 0 amide bonds. The van der Waals surface area contributed by atoms with Crippen LogP contribution in [0.3, 0.4) is 0 Å². The molecule has 0 aromatic heterocycles. The third-order valence-electron chi connectivity index (χ3n) is 1.41. The molecule has 74 valence electrons. The van der Waals surface area contributed by atoms with Crippen molar-refractivity contribution in [1.29, 1.82) is 0 Å². The van der Waals surface area contributed by atoms with Gasteiger partial charge in [0, 0.05) is 0 Å². The van der Waals surface area contributed by atoms with Crippen molar-refractivity contribution in [3.05, 3.63) is 0 Å². The molecule has 1 unspecified atom stereocenters. The molecular formula is C6H5Cl3O4. The van der Waals surface area contributed by atoms with Crippen LogP contribution in [0.25, 0.3) is 0 Å². The molecule has 4 nitrogen and oxygen atoms in total. The van der Waals surface area contributed by atoms with Crippen LogP contribution in [0.2, 0.25) is 0 Å². The Morgan fingerprint density at radius 2 is 2.15 bits per heavy atom. The molecule has 1 saturated heterocycles. The highest BCUT2D eigenvalue weighted by atomic mass is 35.6. The van der Waals surface area contributed by atoms with Crippen molar-refractivity contribution >= 4 is 46.7 Å². The minimum Gasteiger partial charge on any atom is -0.465 e. The molecule has 0 aromatic carbocycles. The maximum atomic E-state index is 11.1. The molecule has 7 heteroatoms.